The molecule has 0 bridgehead atoms. The largest absolute Gasteiger partial charge is 0.299 e. The topological polar surface area (TPSA) is 51.2 Å². The fraction of sp³-hybridized carbons (Fsp3) is 0.414. The Morgan fingerprint density at radius 3 is 1.97 bits per heavy atom. The van der Waals surface area contributed by atoms with Crippen molar-refractivity contribution in [2.45, 2.75) is 51.9 Å². The molecule has 1 saturated heterocycles. The lowest BCUT2D eigenvalue weighted by Crippen LogP contribution is -2.58. The maximum atomic E-state index is 14.3. The molecule has 3 nitrogen and oxygen atoms in total. The number of carbonyl (C=O) groups is 3. The van der Waals surface area contributed by atoms with Crippen LogP contribution in [-0.4, -0.2) is 28.9 Å². The van der Waals surface area contributed by atoms with Gasteiger partial charge in [-0.25, -0.2) is 0 Å². The molecular formula is C29H30O3S2. The van der Waals surface area contributed by atoms with Gasteiger partial charge in [0.15, 0.2) is 5.78 Å². The molecule has 176 valence electrons. The van der Waals surface area contributed by atoms with Gasteiger partial charge >= 0.3 is 0 Å². The van der Waals surface area contributed by atoms with Crippen molar-refractivity contribution in [1.82, 2.24) is 0 Å². The van der Waals surface area contributed by atoms with Gasteiger partial charge in [-0.1, -0.05) is 74.0 Å². The third-order valence-corrected chi connectivity index (χ3v) is 10.3. The van der Waals surface area contributed by atoms with Crippen LogP contribution in [-0.2, 0) is 14.4 Å². The fourth-order valence-corrected chi connectivity index (χ4v) is 8.73. The summed E-state index contributed by atoms with van der Waals surface area (Å²) in [6.45, 7) is 6.04. The molecule has 1 spiro atoms. The van der Waals surface area contributed by atoms with E-state index in [1.54, 1.807) is 23.5 Å². The highest BCUT2D eigenvalue weighted by Crippen LogP contribution is 2.63. The average Bonchev–Trinajstić information content (AvgIpc) is 3.32. The number of hydrogen-bond acceptors (Lipinski definition) is 5. The zero-order chi connectivity index (χ0) is 24.1. The first-order chi connectivity index (χ1) is 16.2. The van der Waals surface area contributed by atoms with Crippen LogP contribution in [0.2, 0.25) is 0 Å². The number of benzene rings is 2. The van der Waals surface area contributed by atoms with Crippen molar-refractivity contribution in [1.29, 1.82) is 0 Å². The van der Waals surface area contributed by atoms with Gasteiger partial charge in [0.1, 0.15) is 17.0 Å². The lowest BCUT2D eigenvalue weighted by atomic mass is 9.47. The Morgan fingerprint density at radius 1 is 0.794 bits per heavy atom. The molecule has 2 saturated carbocycles. The number of ketones is 3. The first-order valence-electron chi connectivity index (χ1n) is 11.9. The molecule has 2 aromatic rings. The van der Waals surface area contributed by atoms with Gasteiger partial charge in [0.25, 0.3) is 0 Å². The molecule has 0 unspecified atom stereocenters. The molecule has 0 N–H and O–H groups in total. The number of Topliss-reactive ketones (excluding diaryl/α,β-unsaturated/α-hetero) is 3. The van der Waals surface area contributed by atoms with E-state index in [2.05, 4.69) is 0 Å². The number of rotatable bonds is 2. The highest BCUT2D eigenvalue weighted by Gasteiger charge is 2.65. The van der Waals surface area contributed by atoms with Crippen molar-refractivity contribution in [3.63, 3.8) is 0 Å². The van der Waals surface area contributed by atoms with E-state index in [9.17, 15) is 14.4 Å². The summed E-state index contributed by atoms with van der Waals surface area (Å²) in [7, 11) is 0. The minimum Gasteiger partial charge on any atom is -0.299 e. The lowest BCUT2D eigenvalue weighted by Gasteiger charge is -2.52. The van der Waals surface area contributed by atoms with Crippen molar-refractivity contribution >= 4 is 40.9 Å². The Labute approximate surface area is 210 Å². The summed E-state index contributed by atoms with van der Waals surface area (Å²) in [5, 5.41) is 0. The number of thioether (sulfide) groups is 2. The van der Waals surface area contributed by atoms with Gasteiger partial charge in [0, 0.05) is 52.4 Å². The minimum absolute atomic E-state index is 0.00762. The van der Waals surface area contributed by atoms with Gasteiger partial charge < -0.3 is 0 Å². The van der Waals surface area contributed by atoms with Crippen molar-refractivity contribution in [2.75, 3.05) is 11.5 Å². The minimum atomic E-state index is -1.26. The Hall–Kier alpha value is -2.11. The Bertz CT molecular complexity index is 1150. The molecule has 34 heavy (non-hydrogen) atoms. The zero-order valence-electron chi connectivity index (χ0n) is 19.9. The summed E-state index contributed by atoms with van der Waals surface area (Å²) in [5.41, 5.74) is 1.99. The second kappa shape index (κ2) is 8.83. The van der Waals surface area contributed by atoms with Crippen molar-refractivity contribution < 1.29 is 14.4 Å². The second-order valence-corrected chi connectivity index (χ2v) is 13.0. The first-order valence-corrected chi connectivity index (χ1v) is 13.9. The van der Waals surface area contributed by atoms with Crippen LogP contribution in [0.25, 0.3) is 0 Å². The number of allylic oxidation sites excluding steroid dienone is 1. The molecule has 0 aromatic heterocycles. The average molecular weight is 491 g/mol. The molecule has 2 atom stereocenters. The number of carbonyl (C=O) groups excluding carboxylic acids is 3. The van der Waals surface area contributed by atoms with Crippen LogP contribution in [0.5, 0.6) is 0 Å². The molecule has 3 fully saturated rings. The van der Waals surface area contributed by atoms with Crippen LogP contribution in [0.1, 0.15) is 61.6 Å². The SMILES string of the molecule is Cc1ccc([C@@H]2C(=C3SCCS3)C(=O)C[C@H](c3ccccc3)C23C(=O)CC(C)(C)CC3=O)cc1. The van der Waals surface area contributed by atoms with Crippen molar-refractivity contribution in [2.24, 2.45) is 10.8 Å². The molecule has 5 rings (SSSR count). The maximum Gasteiger partial charge on any atom is 0.161 e. The third-order valence-electron chi connectivity index (χ3n) is 7.57. The third kappa shape index (κ3) is 3.81. The molecule has 5 heteroatoms. The maximum absolute atomic E-state index is 14.3. The summed E-state index contributed by atoms with van der Waals surface area (Å²) in [4.78, 5) is 42.5. The van der Waals surface area contributed by atoms with E-state index in [0.29, 0.717) is 18.4 Å². The molecule has 1 heterocycles. The van der Waals surface area contributed by atoms with E-state index in [1.165, 1.54) is 0 Å². The smallest absolute Gasteiger partial charge is 0.161 e. The number of aryl methyl sites for hydroxylation is 1. The van der Waals surface area contributed by atoms with Gasteiger partial charge in [0.2, 0.25) is 0 Å². The highest BCUT2D eigenvalue weighted by atomic mass is 32.2. The second-order valence-electron chi connectivity index (χ2n) is 10.6. The Morgan fingerprint density at radius 2 is 1.38 bits per heavy atom. The zero-order valence-corrected chi connectivity index (χ0v) is 21.6. The number of hydrogen-bond donors (Lipinski definition) is 0. The lowest BCUT2D eigenvalue weighted by molar-refractivity contribution is -0.153. The van der Waals surface area contributed by atoms with E-state index < -0.39 is 17.3 Å². The molecule has 1 aliphatic heterocycles. The standard InChI is InChI=1S/C29H30O3S2/c1-18-9-11-20(12-10-18)26-25(27-33-13-14-34-27)22(30)15-21(19-7-5-4-6-8-19)29(26)23(31)16-28(2,3)17-24(29)32/h4-12,21,26H,13-17H2,1-3H3/t21-,26-/m1/s1. The summed E-state index contributed by atoms with van der Waals surface area (Å²) >= 11 is 3.40. The molecular weight excluding hydrogens is 460 g/mol. The molecule has 0 amide bonds. The van der Waals surface area contributed by atoms with Crippen molar-refractivity contribution in [3.8, 4) is 0 Å². The van der Waals surface area contributed by atoms with Crippen LogP contribution < -0.4 is 0 Å². The monoisotopic (exact) mass is 490 g/mol. The predicted octanol–water partition coefficient (Wildman–Crippen LogP) is 6.47. The van der Waals surface area contributed by atoms with E-state index in [0.717, 1.165) is 32.4 Å². The Kier molecular flexibility index (Phi) is 6.14. The summed E-state index contributed by atoms with van der Waals surface area (Å²) in [6.07, 6.45) is 0.896. The fourth-order valence-electron chi connectivity index (χ4n) is 6.09. The summed E-state index contributed by atoms with van der Waals surface area (Å²) in [5.74, 6) is 0.946. The highest BCUT2D eigenvalue weighted by molar-refractivity contribution is 8.25. The van der Waals surface area contributed by atoms with E-state index in [1.807, 2.05) is 75.4 Å². The summed E-state index contributed by atoms with van der Waals surface area (Å²) < 4.78 is 1.01. The van der Waals surface area contributed by atoms with E-state index in [-0.39, 0.29) is 29.2 Å². The molecule has 2 aromatic carbocycles. The van der Waals surface area contributed by atoms with E-state index >= 15 is 0 Å². The van der Waals surface area contributed by atoms with E-state index in [4.69, 9.17) is 0 Å². The van der Waals surface area contributed by atoms with Gasteiger partial charge in [-0.3, -0.25) is 14.4 Å². The van der Waals surface area contributed by atoms with Gasteiger partial charge in [-0.2, -0.15) is 0 Å². The van der Waals surface area contributed by atoms with Crippen LogP contribution >= 0.6 is 23.5 Å². The van der Waals surface area contributed by atoms with Gasteiger partial charge in [0.05, 0.1) is 0 Å². The normalized spacial score (nSPS) is 26.4. The van der Waals surface area contributed by atoms with Crippen LogP contribution in [0.15, 0.2) is 64.4 Å². The van der Waals surface area contributed by atoms with Crippen LogP contribution in [0.4, 0.5) is 0 Å². The van der Waals surface area contributed by atoms with Gasteiger partial charge in [-0.05, 0) is 23.5 Å². The van der Waals surface area contributed by atoms with Gasteiger partial charge in [-0.15, -0.1) is 23.5 Å². The van der Waals surface area contributed by atoms with Crippen LogP contribution in [0.3, 0.4) is 0 Å². The predicted molar refractivity (Wildman–Crippen MR) is 140 cm³/mol. The van der Waals surface area contributed by atoms with Crippen molar-refractivity contribution in [3.05, 3.63) is 81.1 Å². The Balaban J connectivity index is 1.82. The molecule has 0 radical (unpaired) electrons. The quantitative estimate of drug-likeness (QED) is 0.357. The first kappa shape index (κ1) is 23.6. The molecule has 3 aliphatic rings. The summed E-state index contributed by atoms with van der Waals surface area (Å²) in [6, 6.07) is 17.9. The van der Waals surface area contributed by atoms with Crippen LogP contribution in [0, 0.1) is 17.8 Å². The molecule has 2 aliphatic carbocycles.